The second-order valence-corrected chi connectivity index (χ2v) is 3.47. The molecule has 0 amide bonds. The molecule has 0 unspecified atom stereocenters. The van der Waals surface area contributed by atoms with Crippen LogP contribution >= 0.6 is 0 Å². The molecule has 1 saturated carbocycles. The molecule has 0 bridgehead atoms. The van der Waals surface area contributed by atoms with Crippen LogP contribution in [0.1, 0.15) is 26.2 Å². The first-order valence-corrected chi connectivity index (χ1v) is 4.26. The van der Waals surface area contributed by atoms with Crippen LogP contribution in [0.4, 0.5) is 0 Å². The summed E-state index contributed by atoms with van der Waals surface area (Å²) in [6.07, 6.45) is 5.93. The Kier molecular flexibility index (Phi) is 6.52. The molecule has 1 nitrogen and oxygen atoms in total. The fourth-order valence-corrected chi connectivity index (χ4v) is 1.79. The topological polar surface area (TPSA) is 9.23 Å². The zero-order valence-electron chi connectivity index (χ0n) is 8.05. The van der Waals surface area contributed by atoms with Crippen LogP contribution in [-0.2, 0) is 37.4 Å². The van der Waals surface area contributed by atoms with Crippen LogP contribution in [0.3, 0.4) is 0 Å². The average Bonchev–Trinajstić information content (AvgIpc) is 2.03. The number of methoxy groups -OCH3 is 1. The number of hydrogen-bond donors (Lipinski definition) is 0. The predicted octanol–water partition coefficient (Wildman–Crippen LogP) is 2.58. The summed E-state index contributed by atoms with van der Waals surface area (Å²) in [4.78, 5) is 0. The normalized spacial score (nSPS) is 33.0. The van der Waals surface area contributed by atoms with Gasteiger partial charge in [-0.25, -0.2) is 18.6 Å². The van der Waals surface area contributed by atoms with Gasteiger partial charge in [-0.1, -0.05) is 25.7 Å². The van der Waals surface area contributed by atoms with Crippen molar-refractivity contribution in [3.63, 3.8) is 0 Å². The van der Waals surface area contributed by atoms with Crippen molar-refractivity contribution < 1.29 is 37.4 Å². The second-order valence-electron chi connectivity index (χ2n) is 3.47. The summed E-state index contributed by atoms with van der Waals surface area (Å²) in [5.41, 5.74) is 1.45. The van der Waals surface area contributed by atoms with Crippen molar-refractivity contribution in [3.8, 4) is 0 Å². The van der Waals surface area contributed by atoms with Gasteiger partial charge in [0.1, 0.15) is 0 Å². The minimum atomic E-state index is 0. The second kappa shape index (κ2) is 6.18. The van der Waals surface area contributed by atoms with Gasteiger partial charge in [0.05, 0.1) is 0 Å². The van der Waals surface area contributed by atoms with E-state index in [-0.39, 0.29) is 32.7 Å². The third kappa shape index (κ3) is 3.59. The van der Waals surface area contributed by atoms with E-state index >= 15 is 0 Å². The predicted molar refractivity (Wildman–Crippen MR) is 47.3 cm³/mol. The summed E-state index contributed by atoms with van der Waals surface area (Å²) in [6, 6.07) is 0. The van der Waals surface area contributed by atoms with E-state index in [9.17, 15) is 0 Å². The molecule has 1 aliphatic rings. The van der Waals surface area contributed by atoms with Crippen LogP contribution < -0.4 is 0 Å². The minimum Gasteiger partial charge on any atom is -0.383 e. The molecule has 67 valence electrons. The summed E-state index contributed by atoms with van der Waals surface area (Å²) in [5, 5.41) is 0. The van der Waals surface area contributed by atoms with Crippen molar-refractivity contribution in [2.24, 2.45) is 5.92 Å². The molecule has 12 heavy (non-hydrogen) atoms. The van der Waals surface area contributed by atoms with Gasteiger partial charge in [0.2, 0.25) is 0 Å². The molecule has 0 heterocycles. The Morgan fingerprint density at radius 3 is 2.67 bits per heavy atom. The van der Waals surface area contributed by atoms with Crippen molar-refractivity contribution in [1.29, 1.82) is 0 Å². The molecule has 0 aliphatic heterocycles. The van der Waals surface area contributed by atoms with E-state index in [4.69, 9.17) is 4.74 Å². The molecule has 0 aromatic heterocycles. The van der Waals surface area contributed by atoms with Crippen molar-refractivity contribution in [3.05, 3.63) is 18.6 Å². The van der Waals surface area contributed by atoms with E-state index in [0.29, 0.717) is 6.10 Å². The molecule has 0 saturated heterocycles. The molecule has 0 aromatic rings. The van der Waals surface area contributed by atoms with Gasteiger partial charge in [-0.15, -0.1) is 0 Å². The summed E-state index contributed by atoms with van der Waals surface area (Å²) in [7, 11) is 1.80. The Morgan fingerprint density at radius 2 is 2.17 bits per heavy atom. The summed E-state index contributed by atoms with van der Waals surface area (Å²) < 4.78 is 5.32. The molecule has 0 spiro atoms. The molecule has 2 heteroatoms. The van der Waals surface area contributed by atoms with Gasteiger partial charge < -0.3 is 4.74 Å². The number of allylic oxidation sites excluding steroid dienone is 1. The first kappa shape index (κ1) is 12.7. The minimum absolute atomic E-state index is 0. The SMILES string of the molecule is [CH2-]/C=C1/C[C@@H](C)C[C@H](OC)C1.[Y]. The third-order valence-electron chi connectivity index (χ3n) is 2.39. The molecule has 1 rings (SSSR count). The van der Waals surface area contributed by atoms with Gasteiger partial charge in [0.25, 0.3) is 0 Å². The Labute approximate surface area is 101 Å². The van der Waals surface area contributed by atoms with E-state index in [1.807, 2.05) is 6.08 Å². The van der Waals surface area contributed by atoms with Crippen molar-refractivity contribution in [2.45, 2.75) is 32.3 Å². The maximum absolute atomic E-state index is 5.32. The molecule has 0 N–H and O–H groups in total. The average molecular weight is 242 g/mol. The van der Waals surface area contributed by atoms with Crippen LogP contribution in [-0.4, -0.2) is 13.2 Å². The van der Waals surface area contributed by atoms with E-state index in [1.165, 1.54) is 18.4 Å². The molecular weight excluding hydrogens is 225 g/mol. The van der Waals surface area contributed by atoms with Crippen LogP contribution in [0.25, 0.3) is 0 Å². The first-order chi connectivity index (χ1) is 5.26. The maximum atomic E-state index is 5.32. The largest absolute Gasteiger partial charge is 0.383 e. The number of hydrogen-bond acceptors (Lipinski definition) is 1. The Morgan fingerprint density at radius 1 is 1.50 bits per heavy atom. The Bertz CT molecular complexity index is 154. The molecular formula is C10H17OY-. The van der Waals surface area contributed by atoms with E-state index in [0.717, 1.165) is 12.3 Å². The Balaban J connectivity index is 0.00000121. The van der Waals surface area contributed by atoms with Crippen LogP contribution in [0.15, 0.2) is 11.6 Å². The standard InChI is InChI=1S/C10H17O.Y/c1-4-9-5-8(2)6-10(7-9)11-3;/h4,8,10H,1,5-7H2,2-3H3;/q-1;/b9-4-;/t8-,10+;/m1./s1. The third-order valence-corrected chi connectivity index (χ3v) is 2.39. The van der Waals surface area contributed by atoms with Gasteiger partial charge >= 0.3 is 0 Å². The monoisotopic (exact) mass is 242 g/mol. The van der Waals surface area contributed by atoms with Crippen molar-refractivity contribution in [2.75, 3.05) is 7.11 Å². The van der Waals surface area contributed by atoms with Gasteiger partial charge in [0.15, 0.2) is 0 Å². The summed E-state index contributed by atoms with van der Waals surface area (Å²) in [6.45, 7) is 6.07. The van der Waals surface area contributed by atoms with Gasteiger partial charge in [-0.05, 0) is 6.42 Å². The van der Waals surface area contributed by atoms with Crippen LogP contribution in [0.2, 0.25) is 0 Å². The van der Waals surface area contributed by atoms with Crippen LogP contribution in [0, 0.1) is 12.8 Å². The zero-order valence-corrected chi connectivity index (χ0v) is 10.9. The molecule has 1 fully saturated rings. The quantitative estimate of drug-likeness (QED) is 0.642. The zero-order chi connectivity index (χ0) is 8.27. The molecule has 1 aliphatic carbocycles. The van der Waals surface area contributed by atoms with E-state index < -0.39 is 0 Å². The van der Waals surface area contributed by atoms with E-state index in [1.54, 1.807) is 7.11 Å². The fourth-order valence-electron chi connectivity index (χ4n) is 1.79. The smallest absolute Gasteiger partial charge is 0.0459 e. The summed E-state index contributed by atoms with van der Waals surface area (Å²) >= 11 is 0. The van der Waals surface area contributed by atoms with Gasteiger partial charge in [-0.3, -0.25) is 0 Å². The van der Waals surface area contributed by atoms with Gasteiger partial charge in [-0.2, -0.15) is 0 Å². The fraction of sp³-hybridized carbons (Fsp3) is 0.700. The summed E-state index contributed by atoms with van der Waals surface area (Å²) in [5.74, 6) is 0.765. The van der Waals surface area contributed by atoms with Crippen LogP contribution in [0.5, 0.6) is 0 Å². The molecule has 1 radical (unpaired) electrons. The number of ether oxygens (including phenoxy) is 1. The van der Waals surface area contributed by atoms with Crippen molar-refractivity contribution in [1.82, 2.24) is 0 Å². The number of rotatable bonds is 1. The molecule has 2 atom stereocenters. The Hall–Kier alpha value is 0.674. The van der Waals surface area contributed by atoms with Gasteiger partial charge in [0, 0.05) is 45.9 Å². The maximum Gasteiger partial charge on any atom is 0.0459 e. The molecule has 0 aromatic carbocycles. The van der Waals surface area contributed by atoms with E-state index in [2.05, 4.69) is 13.8 Å². The first-order valence-electron chi connectivity index (χ1n) is 4.26. The van der Waals surface area contributed by atoms with Crippen molar-refractivity contribution >= 4 is 0 Å².